The van der Waals surface area contributed by atoms with Crippen LogP contribution in [0.3, 0.4) is 0 Å². The molecule has 2 rings (SSSR count). The first-order chi connectivity index (χ1) is 13.8. The molecule has 9 nitrogen and oxygen atoms in total. The number of anilines is 1. The lowest BCUT2D eigenvalue weighted by Gasteiger charge is -2.25. The Morgan fingerprint density at radius 3 is 2.43 bits per heavy atom. The lowest BCUT2D eigenvalue weighted by Crippen LogP contribution is -2.41. The van der Waals surface area contributed by atoms with Gasteiger partial charge in [-0.05, 0) is 39.8 Å². The number of carbonyl (C=O) groups excluding carboxylic acids is 3. The van der Waals surface area contributed by atoms with Gasteiger partial charge in [0.05, 0.1) is 12.8 Å². The Kier molecular flexibility index (Phi) is 6.74. The highest BCUT2D eigenvalue weighted by molar-refractivity contribution is 5.87. The molecule has 0 aliphatic carbocycles. The second kappa shape index (κ2) is 8.73. The van der Waals surface area contributed by atoms with Crippen molar-refractivity contribution in [2.24, 2.45) is 0 Å². The molecular weight excluding hydrogens is 388 g/mol. The van der Waals surface area contributed by atoms with Crippen LogP contribution in [0.25, 0.3) is 5.65 Å². The van der Waals surface area contributed by atoms with Gasteiger partial charge in [0, 0.05) is 18.0 Å². The largest absolute Gasteiger partial charge is 0.467 e. The second-order valence-electron chi connectivity index (χ2n) is 8.74. The van der Waals surface area contributed by atoms with E-state index in [1.807, 2.05) is 26.0 Å². The van der Waals surface area contributed by atoms with Gasteiger partial charge in [-0.1, -0.05) is 19.9 Å². The molecule has 0 aromatic carbocycles. The molecule has 2 N–H and O–H groups in total. The third kappa shape index (κ3) is 5.71. The summed E-state index contributed by atoms with van der Waals surface area (Å²) in [4.78, 5) is 41.2. The summed E-state index contributed by atoms with van der Waals surface area (Å²) in [5.41, 5.74) is -0.268. The zero-order valence-electron chi connectivity index (χ0n) is 18.5. The highest BCUT2D eigenvalue weighted by atomic mass is 16.6. The van der Waals surface area contributed by atoms with Crippen LogP contribution in [0.5, 0.6) is 0 Å². The van der Waals surface area contributed by atoms with Gasteiger partial charge in [0.25, 0.3) is 0 Å². The van der Waals surface area contributed by atoms with E-state index < -0.39 is 29.1 Å². The predicted octanol–water partition coefficient (Wildman–Crippen LogP) is 3.03. The minimum absolute atomic E-state index is 0.0429. The van der Waals surface area contributed by atoms with Gasteiger partial charge in [-0.25, -0.2) is 14.6 Å². The van der Waals surface area contributed by atoms with Crippen LogP contribution < -0.4 is 10.6 Å². The van der Waals surface area contributed by atoms with E-state index >= 15 is 0 Å². The molecular formula is C21H30N4O5. The van der Waals surface area contributed by atoms with Crippen LogP contribution in [0, 0.1) is 0 Å². The number of hydrogen-bond donors (Lipinski definition) is 2. The normalized spacial score (nSPS) is 12.9. The van der Waals surface area contributed by atoms with E-state index in [-0.39, 0.29) is 12.3 Å². The molecule has 0 saturated heterocycles. The Balaban J connectivity index is 2.33. The summed E-state index contributed by atoms with van der Waals surface area (Å²) in [5.74, 6) is -0.432. The summed E-state index contributed by atoms with van der Waals surface area (Å²) in [6.07, 6.45) is 1.20. The molecule has 2 amide bonds. The molecule has 2 aromatic rings. The molecule has 2 heterocycles. The quantitative estimate of drug-likeness (QED) is 0.698. The standard InChI is InChI=1S/C21H30N4O5/c1-13(18(27)29-7)22-15(26)12-21(5,6)16-17(24-19(28)30-20(2,3)4)25-11-9-8-10-14(25)23-16/h8-11,13H,12H2,1-7H3,(H,22,26)(H,24,28)/t13-/m0/s1. The van der Waals surface area contributed by atoms with E-state index in [1.54, 1.807) is 44.4 Å². The number of carbonyl (C=O) groups is 3. The Bertz CT molecular complexity index is 943. The number of ether oxygens (including phenoxy) is 2. The van der Waals surface area contributed by atoms with Crippen molar-refractivity contribution in [3.63, 3.8) is 0 Å². The maximum Gasteiger partial charge on any atom is 0.413 e. The second-order valence-corrected chi connectivity index (χ2v) is 8.74. The number of rotatable bonds is 6. The van der Waals surface area contributed by atoms with Crippen molar-refractivity contribution >= 4 is 29.4 Å². The van der Waals surface area contributed by atoms with Gasteiger partial charge in [0.1, 0.15) is 23.1 Å². The number of fused-ring (bicyclic) bond motifs is 1. The zero-order valence-corrected chi connectivity index (χ0v) is 18.5. The molecule has 0 aliphatic rings. The van der Waals surface area contributed by atoms with E-state index in [0.717, 1.165) is 0 Å². The van der Waals surface area contributed by atoms with Crippen molar-refractivity contribution in [2.75, 3.05) is 12.4 Å². The monoisotopic (exact) mass is 418 g/mol. The van der Waals surface area contributed by atoms with Crippen molar-refractivity contribution in [3.8, 4) is 0 Å². The van der Waals surface area contributed by atoms with Crippen LogP contribution in [-0.4, -0.2) is 46.1 Å². The van der Waals surface area contributed by atoms with Gasteiger partial charge < -0.3 is 14.8 Å². The average molecular weight is 418 g/mol. The van der Waals surface area contributed by atoms with Crippen molar-refractivity contribution in [3.05, 3.63) is 30.1 Å². The number of methoxy groups -OCH3 is 1. The van der Waals surface area contributed by atoms with Gasteiger partial charge >= 0.3 is 12.1 Å². The molecule has 0 unspecified atom stereocenters. The number of aromatic nitrogens is 2. The van der Waals surface area contributed by atoms with Crippen LogP contribution >= 0.6 is 0 Å². The Labute approximate surface area is 176 Å². The fraction of sp³-hybridized carbons (Fsp3) is 0.524. The van der Waals surface area contributed by atoms with E-state index in [2.05, 4.69) is 20.4 Å². The molecule has 0 spiro atoms. The minimum atomic E-state index is -0.765. The first-order valence-corrected chi connectivity index (χ1v) is 9.69. The summed E-state index contributed by atoms with van der Waals surface area (Å²) in [6.45, 7) is 10.6. The Morgan fingerprint density at radius 2 is 1.83 bits per heavy atom. The maximum absolute atomic E-state index is 12.5. The van der Waals surface area contributed by atoms with E-state index in [0.29, 0.717) is 17.2 Å². The first-order valence-electron chi connectivity index (χ1n) is 9.69. The molecule has 0 fully saturated rings. The number of pyridine rings is 1. The molecule has 30 heavy (non-hydrogen) atoms. The molecule has 1 atom stereocenters. The summed E-state index contributed by atoms with van der Waals surface area (Å²) in [5, 5.41) is 5.39. The lowest BCUT2D eigenvalue weighted by molar-refractivity contribution is -0.144. The van der Waals surface area contributed by atoms with Crippen LogP contribution in [-0.2, 0) is 24.5 Å². The number of imidazole rings is 1. The van der Waals surface area contributed by atoms with E-state index in [1.165, 1.54) is 7.11 Å². The van der Waals surface area contributed by atoms with Crippen molar-refractivity contribution in [2.45, 2.75) is 65.0 Å². The maximum atomic E-state index is 12.5. The van der Waals surface area contributed by atoms with E-state index in [4.69, 9.17) is 4.74 Å². The van der Waals surface area contributed by atoms with Gasteiger partial charge in [-0.3, -0.25) is 14.5 Å². The third-order valence-electron chi connectivity index (χ3n) is 4.33. The number of nitrogens with one attached hydrogen (secondary N) is 2. The van der Waals surface area contributed by atoms with Crippen LogP contribution in [0.15, 0.2) is 24.4 Å². The molecule has 9 heteroatoms. The average Bonchev–Trinajstić information content (AvgIpc) is 2.98. The summed E-state index contributed by atoms with van der Waals surface area (Å²) in [7, 11) is 1.26. The highest BCUT2D eigenvalue weighted by Gasteiger charge is 2.33. The van der Waals surface area contributed by atoms with Crippen molar-refractivity contribution in [1.29, 1.82) is 0 Å². The summed E-state index contributed by atoms with van der Waals surface area (Å²) < 4.78 is 11.7. The van der Waals surface area contributed by atoms with Gasteiger partial charge in [-0.2, -0.15) is 0 Å². The van der Waals surface area contributed by atoms with Crippen LogP contribution in [0.1, 0.15) is 53.7 Å². The predicted molar refractivity (Wildman–Crippen MR) is 112 cm³/mol. The topological polar surface area (TPSA) is 111 Å². The number of esters is 1. The number of hydrogen-bond acceptors (Lipinski definition) is 6. The molecule has 0 bridgehead atoms. The molecule has 164 valence electrons. The molecule has 0 saturated carbocycles. The number of nitrogens with zero attached hydrogens (tertiary/aromatic N) is 2. The minimum Gasteiger partial charge on any atom is -0.467 e. The fourth-order valence-corrected chi connectivity index (χ4v) is 3.00. The number of amides is 2. The van der Waals surface area contributed by atoms with Crippen molar-refractivity contribution in [1.82, 2.24) is 14.7 Å². The van der Waals surface area contributed by atoms with Gasteiger partial charge in [0.2, 0.25) is 5.91 Å². The van der Waals surface area contributed by atoms with Crippen molar-refractivity contribution < 1.29 is 23.9 Å². The third-order valence-corrected chi connectivity index (χ3v) is 4.33. The Morgan fingerprint density at radius 1 is 1.17 bits per heavy atom. The summed E-state index contributed by atoms with van der Waals surface area (Å²) in [6, 6.07) is 4.69. The molecule has 0 aliphatic heterocycles. The fourth-order valence-electron chi connectivity index (χ4n) is 3.00. The van der Waals surface area contributed by atoms with Crippen LogP contribution in [0.4, 0.5) is 10.6 Å². The van der Waals surface area contributed by atoms with Gasteiger partial charge in [-0.15, -0.1) is 0 Å². The summed E-state index contributed by atoms with van der Waals surface area (Å²) >= 11 is 0. The highest BCUT2D eigenvalue weighted by Crippen LogP contribution is 2.33. The smallest absolute Gasteiger partial charge is 0.413 e. The van der Waals surface area contributed by atoms with E-state index in [9.17, 15) is 14.4 Å². The van der Waals surface area contributed by atoms with Crippen LogP contribution in [0.2, 0.25) is 0 Å². The molecule has 0 radical (unpaired) electrons. The molecule has 2 aromatic heterocycles. The SMILES string of the molecule is COC(=O)[C@H](C)NC(=O)CC(C)(C)c1nc2ccccn2c1NC(=O)OC(C)(C)C. The van der Waals surface area contributed by atoms with Gasteiger partial charge in [0.15, 0.2) is 0 Å². The first kappa shape index (κ1) is 23.2. The Hall–Kier alpha value is -3.10. The zero-order chi connectivity index (χ0) is 22.7. The lowest BCUT2D eigenvalue weighted by atomic mass is 9.85.